The van der Waals surface area contributed by atoms with Gasteiger partial charge in [0.05, 0.1) is 6.20 Å². The summed E-state index contributed by atoms with van der Waals surface area (Å²) in [5.41, 5.74) is 0.925. The quantitative estimate of drug-likeness (QED) is 0.896. The Morgan fingerprint density at radius 1 is 1.27 bits per heavy atom. The van der Waals surface area contributed by atoms with Gasteiger partial charge in [0.25, 0.3) is 0 Å². The Bertz CT molecular complexity index is 513. The maximum atomic E-state index is 12.6. The second kappa shape index (κ2) is 6.82. The van der Waals surface area contributed by atoms with Gasteiger partial charge in [-0.1, -0.05) is 25.7 Å². The molecule has 0 radical (unpaired) electrons. The van der Waals surface area contributed by atoms with Gasteiger partial charge in [0.15, 0.2) is 0 Å². The van der Waals surface area contributed by atoms with E-state index < -0.39 is 0 Å². The fraction of sp³-hybridized carbons (Fsp3) is 0.765. The highest BCUT2D eigenvalue weighted by Crippen LogP contribution is 2.40. The lowest BCUT2D eigenvalue weighted by molar-refractivity contribution is -0.124. The Morgan fingerprint density at radius 2 is 2.05 bits per heavy atom. The predicted molar refractivity (Wildman–Crippen MR) is 86.2 cm³/mol. The van der Waals surface area contributed by atoms with Crippen LogP contribution in [0, 0.1) is 11.8 Å². The molecule has 0 spiro atoms. The monoisotopic (exact) mass is 304 g/mol. The molecule has 2 aliphatic rings. The number of nitrogens with zero attached hydrogens (tertiary/aromatic N) is 2. The summed E-state index contributed by atoms with van der Waals surface area (Å²) in [6, 6.07) is 0.0390. The minimum Gasteiger partial charge on any atom is -0.352 e. The highest BCUT2D eigenvalue weighted by atomic mass is 16.2. The molecular weight excluding hydrogens is 276 g/mol. The van der Waals surface area contributed by atoms with Crippen molar-refractivity contribution in [1.82, 2.24) is 20.4 Å². The molecule has 122 valence electrons. The van der Waals surface area contributed by atoms with Crippen molar-refractivity contribution in [2.24, 2.45) is 18.9 Å². The van der Waals surface area contributed by atoms with Crippen molar-refractivity contribution in [2.45, 2.75) is 57.0 Å². The van der Waals surface area contributed by atoms with Crippen LogP contribution in [0.3, 0.4) is 0 Å². The molecule has 1 heterocycles. The Labute approximate surface area is 132 Å². The van der Waals surface area contributed by atoms with E-state index in [1.165, 1.54) is 38.5 Å². The molecule has 1 aromatic rings. The summed E-state index contributed by atoms with van der Waals surface area (Å²) in [6.45, 7) is 0. The van der Waals surface area contributed by atoms with E-state index in [2.05, 4.69) is 15.7 Å². The van der Waals surface area contributed by atoms with Crippen LogP contribution in [0.2, 0.25) is 0 Å². The van der Waals surface area contributed by atoms with Crippen LogP contribution in [-0.2, 0) is 11.8 Å². The van der Waals surface area contributed by atoms with Gasteiger partial charge in [-0.15, -0.1) is 0 Å². The highest BCUT2D eigenvalue weighted by Gasteiger charge is 2.33. The summed E-state index contributed by atoms with van der Waals surface area (Å²) in [5, 5.41) is 10.5. The van der Waals surface area contributed by atoms with E-state index >= 15 is 0 Å². The summed E-state index contributed by atoms with van der Waals surface area (Å²) in [5.74, 6) is 1.83. The van der Waals surface area contributed by atoms with E-state index in [4.69, 9.17) is 0 Å². The average Bonchev–Trinajstić information content (AvgIpc) is 2.94. The SMILES string of the molecule is CNC(C(=O)NC1CCC2CCCCC2C1)c1cnn(C)c1. The zero-order valence-electron chi connectivity index (χ0n) is 13.7. The van der Waals surface area contributed by atoms with Gasteiger partial charge in [-0.3, -0.25) is 9.48 Å². The summed E-state index contributed by atoms with van der Waals surface area (Å²) in [6.07, 6.45) is 12.8. The molecule has 5 heteroatoms. The molecule has 2 saturated carbocycles. The molecule has 3 rings (SSSR count). The Hall–Kier alpha value is -1.36. The van der Waals surface area contributed by atoms with E-state index in [-0.39, 0.29) is 11.9 Å². The highest BCUT2D eigenvalue weighted by molar-refractivity contribution is 5.83. The van der Waals surface area contributed by atoms with Crippen molar-refractivity contribution in [3.63, 3.8) is 0 Å². The smallest absolute Gasteiger partial charge is 0.242 e. The zero-order chi connectivity index (χ0) is 15.5. The van der Waals surface area contributed by atoms with Gasteiger partial charge >= 0.3 is 0 Å². The van der Waals surface area contributed by atoms with Crippen molar-refractivity contribution in [1.29, 1.82) is 0 Å². The second-order valence-electron chi connectivity index (χ2n) is 6.99. The van der Waals surface area contributed by atoms with Crippen LogP contribution in [0.5, 0.6) is 0 Å². The number of carbonyl (C=O) groups is 1. The molecule has 1 amide bonds. The first-order chi connectivity index (χ1) is 10.7. The fourth-order valence-electron chi connectivity index (χ4n) is 4.33. The van der Waals surface area contributed by atoms with Gasteiger partial charge in [0.2, 0.25) is 5.91 Å². The number of rotatable bonds is 4. The standard InChI is InChI=1S/C17H28N4O/c1-18-16(14-10-19-21(2)11-14)17(22)20-15-8-7-12-5-3-4-6-13(12)9-15/h10-13,15-16,18H,3-9H2,1-2H3,(H,20,22). The zero-order valence-corrected chi connectivity index (χ0v) is 13.7. The molecule has 0 saturated heterocycles. The molecule has 4 unspecified atom stereocenters. The van der Waals surface area contributed by atoms with Gasteiger partial charge in [-0.05, 0) is 38.1 Å². The molecule has 0 aromatic carbocycles. The van der Waals surface area contributed by atoms with Gasteiger partial charge in [-0.25, -0.2) is 0 Å². The van der Waals surface area contributed by atoms with Crippen LogP contribution in [0.4, 0.5) is 0 Å². The van der Waals surface area contributed by atoms with Gasteiger partial charge < -0.3 is 10.6 Å². The van der Waals surface area contributed by atoms with Crippen LogP contribution in [-0.4, -0.2) is 28.8 Å². The summed E-state index contributed by atoms with van der Waals surface area (Å²) < 4.78 is 1.74. The van der Waals surface area contributed by atoms with Crippen molar-refractivity contribution in [3.05, 3.63) is 18.0 Å². The number of aryl methyl sites for hydroxylation is 1. The largest absolute Gasteiger partial charge is 0.352 e. The number of likely N-dealkylation sites (N-methyl/N-ethyl adjacent to an activating group) is 1. The van der Waals surface area contributed by atoms with Crippen LogP contribution < -0.4 is 10.6 Å². The lowest BCUT2D eigenvalue weighted by atomic mass is 9.69. The van der Waals surface area contributed by atoms with E-state index in [1.807, 2.05) is 20.3 Å². The number of nitrogens with one attached hydrogen (secondary N) is 2. The van der Waals surface area contributed by atoms with Gasteiger partial charge in [0, 0.05) is 24.8 Å². The molecule has 2 N–H and O–H groups in total. The number of fused-ring (bicyclic) bond motifs is 1. The third kappa shape index (κ3) is 3.35. The molecule has 22 heavy (non-hydrogen) atoms. The van der Waals surface area contributed by atoms with E-state index in [9.17, 15) is 4.79 Å². The summed E-state index contributed by atoms with van der Waals surface area (Å²) in [7, 11) is 3.70. The summed E-state index contributed by atoms with van der Waals surface area (Å²) >= 11 is 0. The third-order valence-corrected chi connectivity index (χ3v) is 5.50. The van der Waals surface area contributed by atoms with Gasteiger partial charge in [-0.2, -0.15) is 5.10 Å². The molecule has 2 aliphatic carbocycles. The van der Waals surface area contributed by atoms with Crippen molar-refractivity contribution >= 4 is 5.91 Å². The average molecular weight is 304 g/mol. The molecule has 0 bridgehead atoms. The van der Waals surface area contributed by atoms with E-state index in [1.54, 1.807) is 10.9 Å². The molecule has 5 nitrogen and oxygen atoms in total. The van der Waals surface area contributed by atoms with Crippen LogP contribution >= 0.6 is 0 Å². The third-order valence-electron chi connectivity index (χ3n) is 5.50. The van der Waals surface area contributed by atoms with Crippen LogP contribution in [0.15, 0.2) is 12.4 Å². The fourth-order valence-corrected chi connectivity index (χ4v) is 4.33. The van der Waals surface area contributed by atoms with Crippen molar-refractivity contribution in [2.75, 3.05) is 7.05 Å². The Balaban J connectivity index is 1.58. The maximum absolute atomic E-state index is 12.6. The molecule has 2 fully saturated rings. The predicted octanol–water partition coefficient (Wildman–Crippen LogP) is 2.16. The van der Waals surface area contributed by atoms with Crippen LogP contribution in [0.1, 0.15) is 56.6 Å². The van der Waals surface area contributed by atoms with E-state index in [0.717, 1.165) is 23.8 Å². The second-order valence-corrected chi connectivity index (χ2v) is 6.99. The molecular formula is C17H28N4O. The number of carbonyl (C=O) groups excluding carboxylic acids is 1. The Kier molecular flexibility index (Phi) is 4.81. The molecule has 1 aromatic heterocycles. The first-order valence-electron chi connectivity index (χ1n) is 8.63. The van der Waals surface area contributed by atoms with Crippen molar-refractivity contribution < 1.29 is 4.79 Å². The topological polar surface area (TPSA) is 59.0 Å². The number of aromatic nitrogens is 2. The normalized spacial score (nSPS) is 29.6. The van der Waals surface area contributed by atoms with Crippen LogP contribution in [0.25, 0.3) is 0 Å². The molecule has 4 atom stereocenters. The number of hydrogen-bond donors (Lipinski definition) is 2. The van der Waals surface area contributed by atoms with E-state index in [0.29, 0.717) is 6.04 Å². The minimum atomic E-state index is -0.308. The lowest BCUT2D eigenvalue weighted by Gasteiger charge is -2.39. The summed E-state index contributed by atoms with van der Waals surface area (Å²) in [4.78, 5) is 12.6. The van der Waals surface area contributed by atoms with Crippen molar-refractivity contribution in [3.8, 4) is 0 Å². The maximum Gasteiger partial charge on any atom is 0.242 e. The number of amides is 1. The Morgan fingerprint density at radius 3 is 2.73 bits per heavy atom. The first kappa shape index (κ1) is 15.5. The minimum absolute atomic E-state index is 0.0785. The molecule has 0 aliphatic heterocycles. The van der Waals surface area contributed by atoms with Gasteiger partial charge in [0.1, 0.15) is 6.04 Å². The lowest BCUT2D eigenvalue weighted by Crippen LogP contribution is -2.45. The first-order valence-corrected chi connectivity index (χ1v) is 8.63. The number of hydrogen-bond acceptors (Lipinski definition) is 3.